The molecular weight excluding hydrogens is 398 g/mol. The van der Waals surface area contributed by atoms with Crippen molar-refractivity contribution in [2.24, 2.45) is 0 Å². The highest BCUT2D eigenvalue weighted by Crippen LogP contribution is 2.22. The molecule has 1 unspecified atom stereocenters. The number of carbonyl (C=O) groups is 1. The highest BCUT2D eigenvalue weighted by atomic mass is 16.5. The van der Waals surface area contributed by atoms with Crippen LogP contribution in [0.15, 0.2) is 79.1 Å². The second-order valence-electron chi connectivity index (χ2n) is 8.49. The van der Waals surface area contributed by atoms with Gasteiger partial charge in [0.05, 0.1) is 0 Å². The Bertz CT molecular complexity index is 969. The van der Waals surface area contributed by atoms with Crippen LogP contribution < -0.4 is 10.1 Å². The largest absolute Gasteiger partial charge is 0.490 e. The zero-order chi connectivity index (χ0) is 22.2. The Morgan fingerprint density at radius 1 is 1.03 bits per heavy atom. The van der Waals surface area contributed by atoms with E-state index in [4.69, 9.17) is 4.74 Å². The van der Waals surface area contributed by atoms with E-state index in [0.717, 1.165) is 43.8 Å². The minimum absolute atomic E-state index is 0.0887. The van der Waals surface area contributed by atoms with Gasteiger partial charge in [-0.1, -0.05) is 37.3 Å². The first-order chi connectivity index (χ1) is 15.7. The molecule has 1 amide bonds. The molecule has 0 spiro atoms. The van der Waals surface area contributed by atoms with Crippen molar-refractivity contribution in [3.8, 4) is 5.75 Å². The van der Waals surface area contributed by atoms with Crippen molar-refractivity contribution in [3.05, 3.63) is 95.8 Å². The summed E-state index contributed by atoms with van der Waals surface area (Å²) in [4.78, 5) is 18.9. The molecule has 4 rings (SSSR count). The minimum atomic E-state index is -0.0887. The lowest BCUT2D eigenvalue weighted by Gasteiger charge is -2.33. The maximum Gasteiger partial charge on any atom is 0.251 e. The average molecular weight is 430 g/mol. The molecule has 1 aromatic heterocycles. The standard InChI is InChI=1S/C27H31N3O2/c1-21(23-5-3-2-4-6-23)20-30-17-13-26(14-18-30)32-25-9-7-24(8-10-25)27(31)29-19-22-11-15-28-16-12-22/h2-12,15-16,21,26H,13-14,17-20H2,1H3,(H,29,31). The molecule has 1 N–H and O–H groups in total. The lowest BCUT2D eigenvalue weighted by Crippen LogP contribution is -2.39. The summed E-state index contributed by atoms with van der Waals surface area (Å²) in [5.74, 6) is 1.27. The number of hydrogen-bond acceptors (Lipinski definition) is 4. The van der Waals surface area contributed by atoms with E-state index in [-0.39, 0.29) is 12.0 Å². The molecule has 0 saturated carbocycles. The van der Waals surface area contributed by atoms with E-state index in [9.17, 15) is 4.79 Å². The number of piperidine rings is 1. The highest BCUT2D eigenvalue weighted by molar-refractivity contribution is 5.94. The maximum absolute atomic E-state index is 12.4. The minimum Gasteiger partial charge on any atom is -0.490 e. The summed E-state index contributed by atoms with van der Waals surface area (Å²) in [6.45, 7) is 5.97. The number of rotatable bonds is 8. The first-order valence-corrected chi connectivity index (χ1v) is 11.4. The van der Waals surface area contributed by atoms with Crippen LogP contribution in [0, 0.1) is 0 Å². The predicted octanol–water partition coefficient (Wildman–Crippen LogP) is 4.66. The Hall–Kier alpha value is -3.18. The van der Waals surface area contributed by atoms with Gasteiger partial charge in [0, 0.05) is 44.1 Å². The van der Waals surface area contributed by atoms with Gasteiger partial charge in [0.1, 0.15) is 11.9 Å². The Labute approximate surface area is 190 Å². The summed E-state index contributed by atoms with van der Waals surface area (Å²) in [6.07, 6.45) is 5.72. The SMILES string of the molecule is CC(CN1CCC(Oc2ccc(C(=O)NCc3ccncc3)cc2)CC1)c1ccccc1. The number of hydrogen-bond donors (Lipinski definition) is 1. The molecule has 1 aliphatic heterocycles. The number of nitrogens with zero attached hydrogens (tertiary/aromatic N) is 2. The first-order valence-electron chi connectivity index (χ1n) is 11.4. The van der Waals surface area contributed by atoms with Gasteiger partial charge < -0.3 is 15.0 Å². The molecule has 1 fully saturated rings. The molecule has 166 valence electrons. The van der Waals surface area contributed by atoms with E-state index >= 15 is 0 Å². The molecule has 1 aliphatic rings. The number of aromatic nitrogens is 1. The summed E-state index contributed by atoms with van der Waals surface area (Å²) < 4.78 is 6.19. The van der Waals surface area contributed by atoms with E-state index in [2.05, 4.69) is 52.5 Å². The van der Waals surface area contributed by atoms with Crippen molar-refractivity contribution in [3.63, 3.8) is 0 Å². The molecule has 2 aromatic carbocycles. The van der Waals surface area contributed by atoms with Gasteiger partial charge in [-0.2, -0.15) is 0 Å². The van der Waals surface area contributed by atoms with Crippen LogP contribution in [0.2, 0.25) is 0 Å². The lowest BCUT2D eigenvalue weighted by molar-refractivity contribution is 0.0949. The van der Waals surface area contributed by atoms with Crippen molar-refractivity contribution < 1.29 is 9.53 Å². The van der Waals surface area contributed by atoms with Crippen molar-refractivity contribution in [2.45, 2.75) is 38.3 Å². The van der Waals surface area contributed by atoms with Crippen molar-refractivity contribution in [1.82, 2.24) is 15.2 Å². The molecule has 5 heteroatoms. The van der Waals surface area contributed by atoms with Crippen LogP contribution in [-0.4, -0.2) is 41.5 Å². The molecule has 2 heterocycles. The molecule has 3 aromatic rings. The van der Waals surface area contributed by atoms with Crippen LogP contribution in [0.25, 0.3) is 0 Å². The zero-order valence-electron chi connectivity index (χ0n) is 18.6. The molecular formula is C27H31N3O2. The number of ether oxygens (including phenoxy) is 1. The monoisotopic (exact) mass is 429 g/mol. The van der Waals surface area contributed by atoms with E-state index < -0.39 is 0 Å². The van der Waals surface area contributed by atoms with E-state index in [0.29, 0.717) is 18.0 Å². The Kier molecular flexibility index (Phi) is 7.51. The van der Waals surface area contributed by atoms with Gasteiger partial charge in [-0.15, -0.1) is 0 Å². The third-order valence-corrected chi connectivity index (χ3v) is 6.06. The average Bonchev–Trinajstić information content (AvgIpc) is 2.85. The van der Waals surface area contributed by atoms with Crippen LogP contribution in [-0.2, 0) is 6.54 Å². The van der Waals surface area contributed by atoms with Gasteiger partial charge in [0.2, 0.25) is 0 Å². The molecule has 0 bridgehead atoms. The van der Waals surface area contributed by atoms with Gasteiger partial charge in [0.25, 0.3) is 5.91 Å². The van der Waals surface area contributed by atoms with E-state index in [1.165, 1.54) is 5.56 Å². The lowest BCUT2D eigenvalue weighted by atomic mass is 9.99. The third-order valence-electron chi connectivity index (χ3n) is 6.06. The summed E-state index contributed by atoms with van der Waals surface area (Å²) in [5, 5.41) is 2.94. The summed E-state index contributed by atoms with van der Waals surface area (Å²) in [7, 11) is 0. The second-order valence-corrected chi connectivity index (χ2v) is 8.49. The predicted molar refractivity (Wildman–Crippen MR) is 127 cm³/mol. The number of benzene rings is 2. The number of likely N-dealkylation sites (tertiary alicyclic amines) is 1. The summed E-state index contributed by atoms with van der Waals surface area (Å²) >= 11 is 0. The van der Waals surface area contributed by atoms with Gasteiger partial charge in [-0.3, -0.25) is 9.78 Å². The molecule has 32 heavy (non-hydrogen) atoms. The maximum atomic E-state index is 12.4. The van der Waals surface area contributed by atoms with Crippen molar-refractivity contribution >= 4 is 5.91 Å². The van der Waals surface area contributed by atoms with Crippen LogP contribution in [0.3, 0.4) is 0 Å². The van der Waals surface area contributed by atoms with Crippen LogP contribution >= 0.6 is 0 Å². The second kappa shape index (κ2) is 10.9. The Morgan fingerprint density at radius 3 is 2.41 bits per heavy atom. The third kappa shape index (κ3) is 6.17. The number of carbonyl (C=O) groups excluding carboxylic acids is 1. The van der Waals surface area contributed by atoms with Gasteiger partial charge in [-0.25, -0.2) is 0 Å². The van der Waals surface area contributed by atoms with E-state index in [1.54, 1.807) is 12.4 Å². The van der Waals surface area contributed by atoms with Crippen LogP contribution in [0.4, 0.5) is 0 Å². The highest BCUT2D eigenvalue weighted by Gasteiger charge is 2.22. The smallest absolute Gasteiger partial charge is 0.251 e. The van der Waals surface area contributed by atoms with Crippen molar-refractivity contribution in [2.75, 3.05) is 19.6 Å². The molecule has 0 radical (unpaired) electrons. The Balaban J connectivity index is 1.21. The summed E-state index contributed by atoms with van der Waals surface area (Å²) in [5.41, 5.74) is 3.06. The number of amides is 1. The fraction of sp³-hybridized carbons (Fsp3) is 0.333. The molecule has 1 atom stereocenters. The fourth-order valence-corrected chi connectivity index (χ4v) is 4.15. The molecule has 0 aliphatic carbocycles. The topological polar surface area (TPSA) is 54.5 Å². The Morgan fingerprint density at radius 2 is 1.72 bits per heavy atom. The summed E-state index contributed by atoms with van der Waals surface area (Å²) in [6, 6.07) is 21.9. The van der Waals surface area contributed by atoms with Gasteiger partial charge >= 0.3 is 0 Å². The quantitative estimate of drug-likeness (QED) is 0.566. The van der Waals surface area contributed by atoms with Crippen LogP contribution in [0.5, 0.6) is 5.75 Å². The normalized spacial score (nSPS) is 15.8. The molecule has 1 saturated heterocycles. The van der Waals surface area contributed by atoms with Gasteiger partial charge in [-0.05, 0) is 66.3 Å². The zero-order valence-corrected chi connectivity index (χ0v) is 18.6. The van der Waals surface area contributed by atoms with Crippen LogP contribution in [0.1, 0.15) is 47.2 Å². The van der Waals surface area contributed by atoms with Gasteiger partial charge in [0.15, 0.2) is 0 Å². The van der Waals surface area contributed by atoms with Crippen molar-refractivity contribution in [1.29, 1.82) is 0 Å². The fourth-order valence-electron chi connectivity index (χ4n) is 4.15. The first kappa shape index (κ1) is 22.0. The molecule has 5 nitrogen and oxygen atoms in total. The number of pyridine rings is 1. The number of nitrogens with one attached hydrogen (secondary N) is 1. The van der Waals surface area contributed by atoms with E-state index in [1.807, 2.05) is 36.4 Å².